The van der Waals surface area contributed by atoms with Crippen molar-refractivity contribution in [1.82, 2.24) is 9.88 Å². The van der Waals surface area contributed by atoms with E-state index in [1.54, 1.807) is 12.1 Å². The van der Waals surface area contributed by atoms with Crippen LogP contribution in [0.1, 0.15) is 12.5 Å². The van der Waals surface area contributed by atoms with Crippen LogP contribution in [0.4, 0.5) is 11.4 Å². The summed E-state index contributed by atoms with van der Waals surface area (Å²) in [7, 11) is 0. The average molecular weight is 368 g/mol. The zero-order valence-electron chi connectivity index (χ0n) is 15.6. The van der Waals surface area contributed by atoms with E-state index >= 15 is 0 Å². The molecule has 0 atom stereocenters. The third-order valence-corrected chi connectivity index (χ3v) is 4.40. The van der Waals surface area contributed by atoms with Crippen LogP contribution >= 0.6 is 0 Å². The van der Waals surface area contributed by atoms with Crippen LogP contribution in [0, 0.1) is 6.92 Å². The van der Waals surface area contributed by atoms with E-state index in [2.05, 4.69) is 46.4 Å². The fraction of sp³-hybridized carbons (Fsp3) is 0.350. The van der Waals surface area contributed by atoms with Gasteiger partial charge in [-0.15, -0.1) is 0 Å². The highest BCUT2D eigenvalue weighted by atomic mass is 16.5. The monoisotopic (exact) mass is 368 g/mol. The zero-order valence-corrected chi connectivity index (χ0v) is 15.6. The van der Waals surface area contributed by atoms with Crippen LogP contribution < -0.4 is 15.0 Å². The number of ether oxygens (including phenoxy) is 1. The van der Waals surface area contributed by atoms with Crippen LogP contribution in [-0.4, -0.2) is 54.5 Å². The topological polar surface area (TPSA) is 74.8 Å². The van der Waals surface area contributed by atoms with Crippen molar-refractivity contribution in [3.05, 3.63) is 48.2 Å². The molecule has 7 heteroatoms. The van der Waals surface area contributed by atoms with Crippen LogP contribution in [0.3, 0.4) is 0 Å². The lowest BCUT2D eigenvalue weighted by atomic mass is 10.2. The first-order valence-corrected chi connectivity index (χ1v) is 8.97. The van der Waals surface area contributed by atoms with Crippen LogP contribution in [0.25, 0.3) is 0 Å². The highest BCUT2D eigenvalue weighted by molar-refractivity contribution is 5.88. The van der Waals surface area contributed by atoms with Crippen molar-refractivity contribution in [2.45, 2.75) is 13.8 Å². The van der Waals surface area contributed by atoms with Gasteiger partial charge < -0.3 is 19.9 Å². The fourth-order valence-corrected chi connectivity index (χ4v) is 3.01. The highest BCUT2D eigenvalue weighted by Gasteiger charge is 2.21. The molecule has 1 fully saturated rings. The van der Waals surface area contributed by atoms with Gasteiger partial charge in [0.1, 0.15) is 0 Å². The standard InChI is InChI=1S/C20H24N4O3/c1-15-4-3-5-18(12-15)23-8-10-24(11-9-23)20(26)14-27-19-7-6-17(13-21-19)22-16(2)25/h3-7,12-13H,8-11,14H2,1-2H3,(H,22,25). The second-order valence-corrected chi connectivity index (χ2v) is 6.56. The number of pyridine rings is 1. The molecule has 2 amide bonds. The van der Waals surface area contributed by atoms with Gasteiger partial charge in [0.2, 0.25) is 11.8 Å². The largest absolute Gasteiger partial charge is 0.468 e. The lowest BCUT2D eigenvalue weighted by molar-refractivity contribution is -0.133. The number of carbonyl (C=O) groups excluding carboxylic acids is 2. The second kappa shape index (κ2) is 8.53. The SMILES string of the molecule is CC(=O)Nc1ccc(OCC(=O)N2CCN(c3cccc(C)c3)CC2)nc1. The summed E-state index contributed by atoms with van der Waals surface area (Å²) < 4.78 is 5.48. The van der Waals surface area contributed by atoms with E-state index in [9.17, 15) is 9.59 Å². The Hall–Kier alpha value is -3.09. The average Bonchev–Trinajstić information content (AvgIpc) is 2.67. The van der Waals surface area contributed by atoms with Crippen molar-refractivity contribution in [2.75, 3.05) is 43.0 Å². The van der Waals surface area contributed by atoms with E-state index in [0.717, 1.165) is 13.1 Å². The van der Waals surface area contributed by atoms with Gasteiger partial charge in [-0.3, -0.25) is 9.59 Å². The quantitative estimate of drug-likeness (QED) is 0.875. The number of rotatable bonds is 5. The molecule has 1 aliphatic rings. The molecule has 3 rings (SSSR count). The molecule has 0 bridgehead atoms. The predicted octanol–water partition coefficient (Wildman–Crippen LogP) is 2.08. The van der Waals surface area contributed by atoms with Crippen molar-refractivity contribution in [2.24, 2.45) is 0 Å². The van der Waals surface area contributed by atoms with E-state index < -0.39 is 0 Å². The molecule has 27 heavy (non-hydrogen) atoms. The Balaban J connectivity index is 1.46. The zero-order chi connectivity index (χ0) is 19.2. The molecular formula is C20H24N4O3. The Morgan fingerprint density at radius 3 is 2.56 bits per heavy atom. The Bertz CT molecular complexity index is 799. The minimum absolute atomic E-state index is 0.0447. The molecule has 7 nitrogen and oxygen atoms in total. The Kier molecular flexibility index (Phi) is 5.90. The molecule has 142 valence electrons. The first kappa shape index (κ1) is 18.7. The first-order valence-electron chi connectivity index (χ1n) is 8.97. The summed E-state index contributed by atoms with van der Waals surface area (Å²) in [5.41, 5.74) is 3.02. The summed E-state index contributed by atoms with van der Waals surface area (Å²) in [5.74, 6) is 0.146. The maximum absolute atomic E-state index is 12.4. The number of amides is 2. The number of anilines is 2. The van der Waals surface area contributed by atoms with Crippen LogP contribution in [0.5, 0.6) is 5.88 Å². The summed E-state index contributed by atoms with van der Waals surface area (Å²) in [6.07, 6.45) is 1.50. The van der Waals surface area contributed by atoms with Gasteiger partial charge in [-0.05, 0) is 30.7 Å². The minimum Gasteiger partial charge on any atom is -0.468 e. The Morgan fingerprint density at radius 1 is 1.15 bits per heavy atom. The predicted molar refractivity (Wildman–Crippen MR) is 104 cm³/mol. The number of hydrogen-bond donors (Lipinski definition) is 1. The smallest absolute Gasteiger partial charge is 0.260 e. The maximum atomic E-state index is 12.4. The number of aryl methyl sites for hydroxylation is 1. The van der Waals surface area contributed by atoms with Gasteiger partial charge >= 0.3 is 0 Å². The number of carbonyl (C=O) groups is 2. The van der Waals surface area contributed by atoms with E-state index in [-0.39, 0.29) is 18.4 Å². The third-order valence-electron chi connectivity index (χ3n) is 4.40. The molecule has 2 heterocycles. The molecule has 1 aromatic carbocycles. The van der Waals surface area contributed by atoms with Gasteiger partial charge in [0, 0.05) is 44.9 Å². The maximum Gasteiger partial charge on any atom is 0.260 e. The van der Waals surface area contributed by atoms with Gasteiger partial charge in [-0.1, -0.05) is 12.1 Å². The van der Waals surface area contributed by atoms with E-state index in [4.69, 9.17) is 4.74 Å². The number of nitrogens with one attached hydrogen (secondary N) is 1. The van der Waals surface area contributed by atoms with Crippen molar-refractivity contribution in [3.8, 4) is 5.88 Å². The molecule has 0 radical (unpaired) electrons. The van der Waals surface area contributed by atoms with Gasteiger partial charge in [0.15, 0.2) is 6.61 Å². The summed E-state index contributed by atoms with van der Waals surface area (Å²) in [4.78, 5) is 31.6. The number of piperazine rings is 1. The lowest BCUT2D eigenvalue weighted by Crippen LogP contribution is -2.50. The molecule has 1 aromatic heterocycles. The van der Waals surface area contributed by atoms with Crippen molar-refractivity contribution < 1.29 is 14.3 Å². The van der Waals surface area contributed by atoms with Crippen molar-refractivity contribution in [3.63, 3.8) is 0 Å². The lowest BCUT2D eigenvalue weighted by Gasteiger charge is -2.36. The molecule has 0 spiro atoms. The Morgan fingerprint density at radius 2 is 1.93 bits per heavy atom. The minimum atomic E-state index is -0.162. The van der Waals surface area contributed by atoms with Crippen molar-refractivity contribution in [1.29, 1.82) is 0 Å². The number of benzene rings is 1. The summed E-state index contributed by atoms with van der Waals surface area (Å²) >= 11 is 0. The Labute approximate surface area is 158 Å². The van der Waals surface area contributed by atoms with Crippen LogP contribution in [0.2, 0.25) is 0 Å². The fourth-order valence-electron chi connectivity index (χ4n) is 3.01. The van der Waals surface area contributed by atoms with Crippen molar-refractivity contribution >= 4 is 23.2 Å². The van der Waals surface area contributed by atoms with Gasteiger partial charge in [-0.2, -0.15) is 0 Å². The first-order chi connectivity index (χ1) is 13.0. The van der Waals surface area contributed by atoms with E-state index in [1.807, 2.05) is 4.90 Å². The van der Waals surface area contributed by atoms with Gasteiger partial charge in [0.25, 0.3) is 5.91 Å². The molecule has 1 aliphatic heterocycles. The molecule has 2 aromatic rings. The number of nitrogens with zero attached hydrogens (tertiary/aromatic N) is 3. The third kappa shape index (κ3) is 5.20. The normalized spacial score (nSPS) is 14.0. The number of aromatic nitrogens is 1. The molecule has 0 saturated carbocycles. The molecule has 0 unspecified atom stereocenters. The van der Waals surface area contributed by atoms with Gasteiger partial charge in [0.05, 0.1) is 11.9 Å². The van der Waals surface area contributed by atoms with Crippen LogP contribution in [0.15, 0.2) is 42.6 Å². The highest BCUT2D eigenvalue weighted by Crippen LogP contribution is 2.18. The number of hydrogen-bond acceptors (Lipinski definition) is 5. The van der Waals surface area contributed by atoms with E-state index in [1.165, 1.54) is 24.4 Å². The molecule has 1 saturated heterocycles. The summed E-state index contributed by atoms with van der Waals surface area (Å²) in [6.45, 7) is 6.42. The molecular weight excluding hydrogens is 344 g/mol. The summed E-state index contributed by atoms with van der Waals surface area (Å²) in [5, 5.41) is 2.63. The molecule has 1 N–H and O–H groups in total. The van der Waals surface area contributed by atoms with E-state index in [0.29, 0.717) is 24.7 Å². The molecule has 0 aliphatic carbocycles. The summed E-state index contributed by atoms with van der Waals surface area (Å²) in [6, 6.07) is 11.7. The second-order valence-electron chi connectivity index (χ2n) is 6.56. The van der Waals surface area contributed by atoms with Crippen LogP contribution in [-0.2, 0) is 9.59 Å². The van der Waals surface area contributed by atoms with Gasteiger partial charge in [-0.25, -0.2) is 4.98 Å².